The van der Waals surface area contributed by atoms with Crippen molar-refractivity contribution in [3.05, 3.63) is 0 Å². The van der Waals surface area contributed by atoms with Crippen LogP contribution in [0.3, 0.4) is 0 Å². The Balaban J connectivity index is 3.56. The van der Waals surface area contributed by atoms with Crippen LogP contribution >= 0.6 is 11.8 Å². The molecule has 0 fully saturated rings. The first-order valence-corrected chi connectivity index (χ1v) is 4.40. The third-order valence-electron chi connectivity index (χ3n) is 1.36. The Bertz CT molecular complexity index is 114. The summed E-state index contributed by atoms with van der Waals surface area (Å²) in [7, 11) is 0. The normalized spacial score (nSPS) is 16.3. The SMILES string of the molecule is CCC(C)SC(C)C(=O)O. The topological polar surface area (TPSA) is 37.3 Å². The van der Waals surface area contributed by atoms with Crippen molar-refractivity contribution in [3.8, 4) is 0 Å². The summed E-state index contributed by atoms with van der Waals surface area (Å²) in [6.07, 6.45) is 1.03. The van der Waals surface area contributed by atoms with E-state index in [1.807, 2.05) is 6.92 Å². The van der Waals surface area contributed by atoms with Gasteiger partial charge in [0.2, 0.25) is 0 Å². The molecule has 0 saturated heterocycles. The fourth-order valence-electron chi connectivity index (χ4n) is 0.503. The molecule has 0 aromatic rings. The molecule has 0 aliphatic heterocycles. The Kier molecular flexibility index (Phi) is 4.52. The summed E-state index contributed by atoms with van der Waals surface area (Å²) in [5, 5.41) is 8.69. The number of aliphatic carboxylic acids is 1. The lowest BCUT2D eigenvalue weighted by Gasteiger charge is -2.10. The van der Waals surface area contributed by atoms with Crippen molar-refractivity contribution in [1.29, 1.82) is 0 Å². The molecule has 0 radical (unpaired) electrons. The maximum Gasteiger partial charge on any atom is 0.316 e. The van der Waals surface area contributed by atoms with Gasteiger partial charge in [-0.3, -0.25) is 4.79 Å². The Hall–Kier alpha value is -0.180. The van der Waals surface area contributed by atoms with Gasteiger partial charge in [-0.25, -0.2) is 0 Å². The molecule has 1 N–H and O–H groups in total. The number of hydrogen-bond acceptors (Lipinski definition) is 2. The van der Waals surface area contributed by atoms with Gasteiger partial charge in [0, 0.05) is 5.25 Å². The summed E-state index contributed by atoms with van der Waals surface area (Å²) in [6, 6.07) is 0. The zero-order chi connectivity index (χ0) is 8.15. The molecule has 0 rings (SSSR count). The van der Waals surface area contributed by atoms with E-state index in [2.05, 4.69) is 6.92 Å². The van der Waals surface area contributed by atoms with Crippen molar-refractivity contribution < 1.29 is 9.90 Å². The van der Waals surface area contributed by atoms with Crippen LogP contribution in [0.4, 0.5) is 0 Å². The zero-order valence-corrected chi connectivity index (χ0v) is 7.44. The van der Waals surface area contributed by atoms with Crippen molar-refractivity contribution in [2.75, 3.05) is 0 Å². The fraction of sp³-hybridized carbons (Fsp3) is 0.857. The van der Waals surface area contributed by atoms with Gasteiger partial charge in [-0.1, -0.05) is 13.8 Å². The molecule has 60 valence electrons. The number of hydrogen-bond donors (Lipinski definition) is 1. The maximum absolute atomic E-state index is 10.3. The van der Waals surface area contributed by atoms with E-state index in [-0.39, 0.29) is 5.25 Å². The van der Waals surface area contributed by atoms with E-state index in [1.165, 1.54) is 11.8 Å². The largest absolute Gasteiger partial charge is 0.480 e. The van der Waals surface area contributed by atoms with Crippen molar-refractivity contribution in [2.45, 2.75) is 37.7 Å². The first-order valence-electron chi connectivity index (χ1n) is 3.46. The van der Waals surface area contributed by atoms with Crippen LogP contribution in [0, 0.1) is 0 Å². The van der Waals surface area contributed by atoms with Gasteiger partial charge in [-0.2, -0.15) is 0 Å². The van der Waals surface area contributed by atoms with Crippen LogP contribution in [-0.4, -0.2) is 21.6 Å². The van der Waals surface area contributed by atoms with Gasteiger partial charge in [0.25, 0.3) is 0 Å². The van der Waals surface area contributed by atoms with Gasteiger partial charge in [-0.05, 0) is 13.3 Å². The minimum Gasteiger partial charge on any atom is -0.480 e. The number of carboxylic acid groups (broad SMARTS) is 1. The van der Waals surface area contributed by atoms with Gasteiger partial charge in [0.1, 0.15) is 0 Å². The molecule has 0 aliphatic rings. The molecule has 0 aromatic heterocycles. The third kappa shape index (κ3) is 3.77. The Labute approximate surface area is 66.0 Å². The Morgan fingerprint density at radius 1 is 1.60 bits per heavy atom. The van der Waals surface area contributed by atoms with E-state index in [9.17, 15) is 4.79 Å². The smallest absolute Gasteiger partial charge is 0.316 e. The van der Waals surface area contributed by atoms with Gasteiger partial charge < -0.3 is 5.11 Å². The van der Waals surface area contributed by atoms with E-state index >= 15 is 0 Å². The molecule has 3 heteroatoms. The summed E-state index contributed by atoms with van der Waals surface area (Å²) in [4.78, 5) is 10.3. The summed E-state index contributed by atoms with van der Waals surface area (Å²) in [6.45, 7) is 5.83. The Morgan fingerprint density at radius 2 is 2.10 bits per heavy atom. The van der Waals surface area contributed by atoms with E-state index < -0.39 is 5.97 Å². The number of carboxylic acids is 1. The number of rotatable bonds is 4. The number of carbonyl (C=O) groups is 1. The van der Waals surface area contributed by atoms with Crippen LogP contribution in [0.2, 0.25) is 0 Å². The monoisotopic (exact) mass is 162 g/mol. The van der Waals surface area contributed by atoms with Gasteiger partial charge in [0.05, 0.1) is 5.25 Å². The average Bonchev–Trinajstić information content (AvgIpc) is 1.87. The van der Waals surface area contributed by atoms with E-state index in [1.54, 1.807) is 6.92 Å². The molecule has 0 saturated carbocycles. The van der Waals surface area contributed by atoms with Gasteiger partial charge in [-0.15, -0.1) is 11.8 Å². The molecule has 0 heterocycles. The predicted molar refractivity (Wildman–Crippen MR) is 44.4 cm³/mol. The lowest BCUT2D eigenvalue weighted by Crippen LogP contribution is -2.14. The highest BCUT2D eigenvalue weighted by Gasteiger charge is 2.13. The van der Waals surface area contributed by atoms with Crippen LogP contribution < -0.4 is 0 Å². The summed E-state index contributed by atoms with van der Waals surface area (Å²) in [5.41, 5.74) is 0. The molecule has 0 aromatic carbocycles. The van der Waals surface area contributed by atoms with E-state index in [0.29, 0.717) is 5.25 Å². The molecule has 0 bridgehead atoms. The lowest BCUT2D eigenvalue weighted by molar-refractivity contribution is -0.136. The molecule has 2 atom stereocenters. The number of thioether (sulfide) groups is 1. The highest BCUT2D eigenvalue weighted by molar-refractivity contribution is 8.01. The first kappa shape index (κ1) is 9.82. The highest BCUT2D eigenvalue weighted by Crippen LogP contribution is 2.19. The van der Waals surface area contributed by atoms with Crippen LogP contribution in [0.25, 0.3) is 0 Å². The van der Waals surface area contributed by atoms with E-state index in [0.717, 1.165) is 6.42 Å². The van der Waals surface area contributed by atoms with Crippen LogP contribution in [-0.2, 0) is 4.79 Å². The fourth-order valence-corrected chi connectivity index (χ4v) is 1.51. The summed E-state index contributed by atoms with van der Waals surface area (Å²) in [5.74, 6) is -0.717. The highest BCUT2D eigenvalue weighted by atomic mass is 32.2. The average molecular weight is 162 g/mol. The van der Waals surface area contributed by atoms with Crippen molar-refractivity contribution >= 4 is 17.7 Å². The van der Waals surface area contributed by atoms with Crippen molar-refractivity contribution in [2.24, 2.45) is 0 Å². The maximum atomic E-state index is 10.3. The van der Waals surface area contributed by atoms with Crippen molar-refractivity contribution in [3.63, 3.8) is 0 Å². The molecular weight excluding hydrogens is 148 g/mol. The quantitative estimate of drug-likeness (QED) is 0.687. The second-order valence-electron chi connectivity index (χ2n) is 2.34. The second kappa shape index (κ2) is 4.61. The minimum absolute atomic E-state index is 0.269. The molecule has 2 nitrogen and oxygen atoms in total. The lowest BCUT2D eigenvalue weighted by atomic mass is 10.4. The van der Waals surface area contributed by atoms with Crippen molar-refractivity contribution in [1.82, 2.24) is 0 Å². The second-order valence-corrected chi connectivity index (χ2v) is 4.12. The predicted octanol–water partition coefficient (Wildman–Crippen LogP) is 1.99. The standard InChI is InChI=1S/C7H14O2S/c1-4-5(2)10-6(3)7(8)9/h5-6H,4H2,1-3H3,(H,8,9). The summed E-state index contributed by atoms with van der Waals surface area (Å²) >= 11 is 1.51. The van der Waals surface area contributed by atoms with Gasteiger partial charge in [0.15, 0.2) is 0 Å². The molecule has 0 spiro atoms. The van der Waals surface area contributed by atoms with Crippen LogP contribution in [0.1, 0.15) is 27.2 Å². The molecule has 0 amide bonds. The van der Waals surface area contributed by atoms with E-state index in [4.69, 9.17) is 5.11 Å². The van der Waals surface area contributed by atoms with Gasteiger partial charge >= 0.3 is 5.97 Å². The molecule has 0 aliphatic carbocycles. The molecular formula is C7H14O2S. The Morgan fingerprint density at radius 3 is 2.40 bits per heavy atom. The minimum atomic E-state index is -0.717. The van der Waals surface area contributed by atoms with Crippen LogP contribution in [0.5, 0.6) is 0 Å². The van der Waals surface area contributed by atoms with Crippen LogP contribution in [0.15, 0.2) is 0 Å². The summed E-state index contributed by atoms with van der Waals surface area (Å²) < 4.78 is 0. The molecule has 2 unspecified atom stereocenters. The first-order chi connectivity index (χ1) is 4.57. The third-order valence-corrected chi connectivity index (χ3v) is 2.77. The zero-order valence-electron chi connectivity index (χ0n) is 6.63. The molecule has 10 heavy (non-hydrogen) atoms.